The second kappa shape index (κ2) is 6.60. The number of aryl methyl sites for hydroxylation is 1. The van der Waals surface area contributed by atoms with Crippen molar-refractivity contribution >= 4 is 28.3 Å². The van der Waals surface area contributed by atoms with Gasteiger partial charge >= 0.3 is 5.69 Å². The number of nitrogens with one attached hydrogen (secondary N) is 1. The molecule has 0 unspecified atom stereocenters. The van der Waals surface area contributed by atoms with E-state index in [9.17, 15) is 14.9 Å². The molecule has 0 aliphatic carbocycles. The van der Waals surface area contributed by atoms with Crippen molar-refractivity contribution in [3.63, 3.8) is 0 Å². The van der Waals surface area contributed by atoms with Crippen molar-refractivity contribution in [2.75, 3.05) is 12.4 Å². The van der Waals surface area contributed by atoms with E-state index in [1.54, 1.807) is 6.07 Å². The zero-order valence-electron chi connectivity index (χ0n) is 13.6. The third kappa shape index (κ3) is 3.42. The van der Waals surface area contributed by atoms with Gasteiger partial charge in [-0.3, -0.25) is 14.9 Å². The fourth-order valence-electron chi connectivity index (χ4n) is 2.50. The topological polar surface area (TPSA) is 108 Å². The van der Waals surface area contributed by atoms with Crippen LogP contribution in [0.15, 0.2) is 40.9 Å². The SMILES string of the molecule is COc1ccc(NC(=O)Cc2noc3ccc(C)cc23)cc1[N+](=O)[O-]. The van der Waals surface area contributed by atoms with Crippen LogP contribution in [0.1, 0.15) is 11.3 Å². The molecule has 128 valence electrons. The highest BCUT2D eigenvalue weighted by atomic mass is 16.6. The zero-order valence-corrected chi connectivity index (χ0v) is 13.6. The van der Waals surface area contributed by atoms with E-state index >= 15 is 0 Å². The molecule has 1 N–H and O–H groups in total. The van der Waals surface area contributed by atoms with Crippen molar-refractivity contribution < 1.29 is 19.0 Å². The Hall–Kier alpha value is -3.42. The van der Waals surface area contributed by atoms with Crippen LogP contribution in [0.4, 0.5) is 11.4 Å². The lowest BCUT2D eigenvalue weighted by Crippen LogP contribution is -2.15. The van der Waals surface area contributed by atoms with Crippen LogP contribution in [-0.2, 0) is 11.2 Å². The van der Waals surface area contributed by atoms with Crippen LogP contribution in [0.5, 0.6) is 5.75 Å². The summed E-state index contributed by atoms with van der Waals surface area (Å²) in [4.78, 5) is 22.7. The summed E-state index contributed by atoms with van der Waals surface area (Å²) in [7, 11) is 1.35. The molecule has 0 saturated carbocycles. The summed E-state index contributed by atoms with van der Waals surface area (Å²) in [6.07, 6.45) is -0.00369. The summed E-state index contributed by atoms with van der Waals surface area (Å²) < 4.78 is 10.1. The number of nitro benzene ring substituents is 1. The Kier molecular flexibility index (Phi) is 4.34. The van der Waals surface area contributed by atoms with Crippen molar-refractivity contribution in [2.45, 2.75) is 13.3 Å². The van der Waals surface area contributed by atoms with E-state index in [1.165, 1.54) is 25.3 Å². The molecule has 3 aromatic rings. The second-order valence-electron chi connectivity index (χ2n) is 5.50. The number of carbonyl (C=O) groups excluding carboxylic acids is 1. The first kappa shape index (κ1) is 16.4. The van der Waals surface area contributed by atoms with Crippen LogP contribution < -0.4 is 10.1 Å². The molecule has 1 aromatic heterocycles. The molecule has 2 aromatic carbocycles. The number of rotatable bonds is 5. The number of hydrogen-bond donors (Lipinski definition) is 1. The average molecular weight is 341 g/mol. The molecule has 25 heavy (non-hydrogen) atoms. The number of fused-ring (bicyclic) bond motifs is 1. The third-order valence-electron chi connectivity index (χ3n) is 3.69. The van der Waals surface area contributed by atoms with E-state index in [1.807, 2.05) is 19.1 Å². The minimum absolute atomic E-state index is 0.00369. The Balaban J connectivity index is 1.79. The van der Waals surface area contributed by atoms with Gasteiger partial charge in [-0.2, -0.15) is 0 Å². The van der Waals surface area contributed by atoms with Gasteiger partial charge < -0.3 is 14.6 Å². The number of aromatic nitrogens is 1. The molecule has 0 saturated heterocycles. The van der Waals surface area contributed by atoms with Gasteiger partial charge in [0.2, 0.25) is 5.91 Å². The maximum atomic E-state index is 12.3. The summed E-state index contributed by atoms with van der Waals surface area (Å²) in [6, 6.07) is 9.81. The Morgan fingerprint density at radius 1 is 1.32 bits per heavy atom. The summed E-state index contributed by atoms with van der Waals surface area (Å²) >= 11 is 0. The van der Waals surface area contributed by atoms with Crippen LogP contribution in [0.2, 0.25) is 0 Å². The van der Waals surface area contributed by atoms with Gasteiger partial charge in [-0.05, 0) is 31.2 Å². The van der Waals surface area contributed by atoms with Crippen LogP contribution >= 0.6 is 0 Å². The molecule has 0 aliphatic heterocycles. The number of hydrogen-bond acceptors (Lipinski definition) is 6. The second-order valence-corrected chi connectivity index (χ2v) is 5.50. The molecule has 0 radical (unpaired) electrons. The smallest absolute Gasteiger partial charge is 0.312 e. The summed E-state index contributed by atoms with van der Waals surface area (Å²) in [5.41, 5.74) is 2.24. The maximum absolute atomic E-state index is 12.3. The van der Waals surface area contributed by atoms with Gasteiger partial charge in [0.25, 0.3) is 0 Å². The quantitative estimate of drug-likeness (QED) is 0.564. The minimum atomic E-state index is -0.567. The maximum Gasteiger partial charge on any atom is 0.312 e. The Labute approximate surface area is 142 Å². The third-order valence-corrected chi connectivity index (χ3v) is 3.69. The number of amides is 1. The fraction of sp³-hybridized carbons (Fsp3) is 0.176. The molecule has 0 aliphatic rings. The van der Waals surface area contributed by atoms with E-state index in [-0.39, 0.29) is 23.8 Å². The Bertz CT molecular complexity index is 964. The van der Waals surface area contributed by atoms with Crippen LogP contribution in [0.25, 0.3) is 11.0 Å². The molecule has 0 atom stereocenters. The van der Waals surface area contributed by atoms with E-state index in [2.05, 4.69) is 10.5 Å². The molecule has 3 rings (SSSR count). The van der Waals surface area contributed by atoms with E-state index in [0.717, 1.165) is 10.9 Å². The van der Waals surface area contributed by atoms with Gasteiger partial charge in [0.15, 0.2) is 11.3 Å². The lowest BCUT2D eigenvalue weighted by molar-refractivity contribution is -0.385. The first-order chi connectivity index (χ1) is 12.0. The number of nitro groups is 1. The van der Waals surface area contributed by atoms with Gasteiger partial charge in [0, 0.05) is 17.1 Å². The van der Waals surface area contributed by atoms with Gasteiger partial charge in [-0.15, -0.1) is 0 Å². The molecule has 0 fully saturated rings. The van der Waals surface area contributed by atoms with Gasteiger partial charge in [0.1, 0.15) is 5.69 Å². The predicted octanol–water partition coefficient (Wildman–Crippen LogP) is 3.23. The number of carbonyl (C=O) groups is 1. The highest BCUT2D eigenvalue weighted by Gasteiger charge is 2.17. The minimum Gasteiger partial charge on any atom is -0.490 e. The van der Waals surface area contributed by atoms with Crippen molar-refractivity contribution in [1.82, 2.24) is 5.16 Å². The highest BCUT2D eigenvalue weighted by Crippen LogP contribution is 2.29. The molecule has 1 heterocycles. The number of nitrogens with zero attached hydrogens (tertiary/aromatic N) is 2. The van der Waals surface area contributed by atoms with Crippen molar-refractivity contribution in [3.05, 3.63) is 57.8 Å². The molecular formula is C17H15N3O5. The van der Waals surface area contributed by atoms with Gasteiger partial charge in [-0.1, -0.05) is 16.8 Å². The molecule has 8 heteroatoms. The van der Waals surface area contributed by atoms with Gasteiger partial charge in [0.05, 0.1) is 18.5 Å². The Morgan fingerprint density at radius 3 is 2.84 bits per heavy atom. The standard InChI is InChI=1S/C17H15N3O5/c1-10-3-5-15-12(7-10)13(19-25-15)9-17(21)18-11-4-6-16(24-2)14(8-11)20(22)23/h3-8H,9H2,1-2H3,(H,18,21). The first-order valence-corrected chi connectivity index (χ1v) is 7.45. The largest absolute Gasteiger partial charge is 0.490 e. The number of benzene rings is 2. The van der Waals surface area contributed by atoms with E-state index in [4.69, 9.17) is 9.26 Å². The summed E-state index contributed by atoms with van der Waals surface area (Å²) in [5, 5.41) is 18.4. The van der Waals surface area contributed by atoms with Gasteiger partial charge in [-0.25, -0.2) is 0 Å². The fourth-order valence-corrected chi connectivity index (χ4v) is 2.50. The lowest BCUT2D eigenvalue weighted by Gasteiger charge is -2.06. The monoisotopic (exact) mass is 341 g/mol. The first-order valence-electron chi connectivity index (χ1n) is 7.45. The van der Waals surface area contributed by atoms with Crippen LogP contribution in [0.3, 0.4) is 0 Å². The van der Waals surface area contributed by atoms with Crippen molar-refractivity contribution in [1.29, 1.82) is 0 Å². The zero-order chi connectivity index (χ0) is 18.0. The predicted molar refractivity (Wildman–Crippen MR) is 90.7 cm³/mol. The van der Waals surface area contributed by atoms with E-state index in [0.29, 0.717) is 17.0 Å². The number of ether oxygens (including phenoxy) is 1. The van der Waals surface area contributed by atoms with E-state index < -0.39 is 4.92 Å². The lowest BCUT2D eigenvalue weighted by atomic mass is 10.1. The average Bonchev–Trinajstić information content (AvgIpc) is 2.96. The molecular weight excluding hydrogens is 326 g/mol. The van der Waals surface area contributed by atoms with Crippen molar-refractivity contribution in [3.8, 4) is 5.75 Å². The highest BCUT2D eigenvalue weighted by molar-refractivity contribution is 5.95. The van der Waals surface area contributed by atoms with Crippen molar-refractivity contribution in [2.24, 2.45) is 0 Å². The molecule has 0 spiro atoms. The Morgan fingerprint density at radius 2 is 2.12 bits per heavy atom. The van der Waals surface area contributed by atoms with Crippen LogP contribution in [-0.4, -0.2) is 23.1 Å². The number of methoxy groups -OCH3 is 1. The normalized spacial score (nSPS) is 10.6. The summed E-state index contributed by atoms with van der Waals surface area (Å²) in [5.74, 6) is -0.225. The van der Waals surface area contributed by atoms with Crippen LogP contribution in [0, 0.1) is 17.0 Å². The molecule has 0 bridgehead atoms. The summed E-state index contributed by atoms with van der Waals surface area (Å²) in [6.45, 7) is 1.94. The molecule has 1 amide bonds. The molecule has 8 nitrogen and oxygen atoms in total. The number of anilines is 1.